The summed E-state index contributed by atoms with van der Waals surface area (Å²) in [5.41, 5.74) is 3.22. The third-order valence-electron chi connectivity index (χ3n) is 5.53. The van der Waals surface area contributed by atoms with Crippen LogP contribution in [0.15, 0.2) is 36.8 Å². The Balaban J connectivity index is 1.71. The van der Waals surface area contributed by atoms with Crippen LogP contribution in [0.4, 0.5) is 4.39 Å². The average Bonchev–Trinajstić information content (AvgIpc) is 3.18. The number of H-pyrrole nitrogens is 1. The van der Waals surface area contributed by atoms with Crippen molar-refractivity contribution in [2.45, 2.75) is 32.6 Å². The summed E-state index contributed by atoms with van der Waals surface area (Å²) in [4.78, 5) is 22.6. The molecule has 0 atom stereocenters. The molecule has 0 radical (unpaired) electrons. The number of aromatic amines is 1. The zero-order valence-electron chi connectivity index (χ0n) is 16.9. The second kappa shape index (κ2) is 8.52. The number of likely N-dealkylation sites (tertiary alicyclic amines) is 1. The topological polar surface area (TPSA) is 74.8 Å². The lowest BCUT2D eigenvalue weighted by Gasteiger charge is -2.33. The smallest absolute Gasteiger partial charge is 0.225 e. The Morgan fingerprint density at radius 3 is 2.67 bits per heavy atom. The molecule has 1 saturated heterocycles. The third-order valence-corrected chi connectivity index (χ3v) is 5.76. The number of piperidine rings is 1. The maximum Gasteiger partial charge on any atom is 0.225 e. The molecule has 4 rings (SSSR count). The first-order valence-corrected chi connectivity index (χ1v) is 10.4. The van der Waals surface area contributed by atoms with Crippen LogP contribution < -0.4 is 0 Å². The number of halogens is 2. The van der Waals surface area contributed by atoms with E-state index in [0.29, 0.717) is 35.1 Å². The Bertz CT molecular complexity index is 1040. The zero-order valence-corrected chi connectivity index (χ0v) is 17.7. The van der Waals surface area contributed by atoms with E-state index in [1.54, 1.807) is 24.4 Å². The molecule has 8 heteroatoms. The van der Waals surface area contributed by atoms with E-state index >= 15 is 0 Å². The molecule has 6 nitrogen and oxygen atoms in total. The molecule has 3 aromatic rings. The molecule has 1 aliphatic heterocycles. The fourth-order valence-electron chi connectivity index (χ4n) is 3.98. The monoisotopic (exact) mass is 427 g/mol. The van der Waals surface area contributed by atoms with Gasteiger partial charge >= 0.3 is 0 Å². The number of hydrogen-bond donors (Lipinski definition) is 1. The molecule has 0 aliphatic carbocycles. The van der Waals surface area contributed by atoms with Crippen LogP contribution in [0.2, 0.25) is 5.02 Å². The van der Waals surface area contributed by atoms with E-state index in [9.17, 15) is 9.18 Å². The molecule has 2 aromatic heterocycles. The van der Waals surface area contributed by atoms with Crippen LogP contribution in [-0.2, 0) is 4.79 Å². The Morgan fingerprint density at radius 2 is 2.03 bits per heavy atom. The molecule has 1 amide bonds. The molecule has 1 fully saturated rings. The summed E-state index contributed by atoms with van der Waals surface area (Å²) in [5, 5.41) is 7.93. The molecule has 3 heterocycles. The highest BCUT2D eigenvalue weighted by atomic mass is 35.5. The van der Waals surface area contributed by atoms with Crippen molar-refractivity contribution in [3.8, 4) is 22.5 Å². The molecule has 0 bridgehead atoms. The predicted octanol–water partition coefficient (Wildman–Crippen LogP) is 4.69. The third kappa shape index (κ3) is 3.94. The highest BCUT2D eigenvalue weighted by molar-refractivity contribution is 6.30. The van der Waals surface area contributed by atoms with Crippen molar-refractivity contribution in [1.29, 1.82) is 0 Å². The highest BCUT2D eigenvalue weighted by Crippen LogP contribution is 2.40. The van der Waals surface area contributed by atoms with Gasteiger partial charge in [-0.1, -0.05) is 25.4 Å². The van der Waals surface area contributed by atoms with Gasteiger partial charge in [0.05, 0.1) is 5.69 Å². The molecule has 0 unspecified atom stereocenters. The Hall–Kier alpha value is -2.80. The number of hydrogen-bond acceptors (Lipinski definition) is 4. The molecule has 0 saturated carbocycles. The van der Waals surface area contributed by atoms with Crippen molar-refractivity contribution in [1.82, 2.24) is 25.1 Å². The van der Waals surface area contributed by atoms with E-state index in [0.717, 1.165) is 24.1 Å². The van der Waals surface area contributed by atoms with Crippen molar-refractivity contribution in [2.75, 3.05) is 13.1 Å². The van der Waals surface area contributed by atoms with Gasteiger partial charge in [0.15, 0.2) is 0 Å². The number of amides is 1. The molecule has 0 spiro atoms. The second-order valence-electron chi connectivity index (χ2n) is 7.83. The van der Waals surface area contributed by atoms with E-state index in [-0.39, 0.29) is 17.7 Å². The standard InChI is InChI=1S/C22H23ClFN5O/c1-13(2)22(30)29-9-6-14(7-10-29)20-19(18-5-8-25-12-26-18)21(28-27-20)16-4-3-15(23)11-17(16)24/h3-5,8,11-14H,6-7,9-10H2,1-2H3,(H,27,28). The van der Waals surface area contributed by atoms with Crippen molar-refractivity contribution in [2.24, 2.45) is 5.92 Å². The van der Waals surface area contributed by atoms with Crippen LogP contribution in [0.25, 0.3) is 22.5 Å². The molecule has 1 aromatic carbocycles. The minimum atomic E-state index is -0.437. The van der Waals surface area contributed by atoms with Crippen LogP contribution in [0.3, 0.4) is 0 Å². The summed E-state index contributed by atoms with van der Waals surface area (Å²) in [6.07, 6.45) is 4.74. The number of rotatable bonds is 4. The van der Waals surface area contributed by atoms with E-state index in [4.69, 9.17) is 11.6 Å². The first-order valence-electron chi connectivity index (χ1n) is 10.0. The number of carbonyl (C=O) groups excluding carboxylic acids is 1. The van der Waals surface area contributed by atoms with Gasteiger partial charge in [0.2, 0.25) is 5.91 Å². The van der Waals surface area contributed by atoms with Gasteiger partial charge in [-0.25, -0.2) is 14.4 Å². The summed E-state index contributed by atoms with van der Waals surface area (Å²) in [7, 11) is 0. The minimum absolute atomic E-state index is 0.00948. The molecular weight excluding hydrogens is 405 g/mol. The SMILES string of the molecule is CC(C)C(=O)N1CCC(c2[nH]nc(-c3ccc(Cl)cc3F)c2-c2ccncn2)CC1. The van der Waals surface area contributed by atoms with Crippen molar-refractivity contribution < 1.29 is 9.18 Å². The van der Waals surface area contributed by atoms with Gasteiger partial charge in [-0.15, -0.1) is 0 Å². The summed E-state index contributed by atoms with van der Waals surface area (Å²) in [5.74, 6) is -0.0984. The lowest BCUT2D eigenvalue weighted by Crippen LogP contribution is -2.40. The number of nitrogens with one attached hydrogen (secondary N) is 1. The van der Waals surface area contributed by atoms with Gasteiger partial charge in [-0.05, 0) is 37.1 Å². The lowest BCUT2D eigenvalue weighted by molar-refractivity contribution is -0.135. The number of nitrogens with zero attached hydrogens (tertiary/aromatic N) is 4. The van der Waals surface area contributed by atoms with Crippen LogP contribution in [0.5, 0.6) is 0 Å². The fraction of sp³-hybridized carbons (Fsp3) is 0.364. The molecule has 1 aliphatic rings. The maximum atomic E-state index is 14.7. The highest BCUT2D eigenvalue weighted by Gasteiger charge is 2.30. The van der Waals surface area contributed by atoms with Crippen molar-refractivity contribution >= 4 is 17.5 Å². The maximum absolute atomic E-state index is 14.7. The van der Waals surface area contributed by atoms with E-state index in [1.807, 2.05) is 18.7 Å². The van der Waals surface area contributed by atoms with Crippen LogP contribution in [0, 0.1) is 11.7 Å². The predicted molar refractivity (Wildman–Crippen MR) is 113 cm³/mol. The van der Waals surface area contributed by atoms with Crippen molar-refractivity contribution in [3.63, 3.8) is 0 Å². The Labute approximate surface area is 179 Å². The number of aromatic nitrogens is 4. The summed E-state index contributed by atoms with van der Waals surface area (Å²) in [6, 6.07) is 6.36. The molecule has 30 heavy (non-hydrogen) atoms. The summed E-state index contributed by atoms with van der Waals surface area (Å²) >= 11 is 5.93. The van der Waals surface area contributed by atoms with Gasteiger partial charge in [0.25, 0.3) is 0 Å². The number of benzene rings is 1. The molecular formula is C22H23ClFN5O. The molecule has 156 valence electrons. The Kier molecular flexibility index (Phi) is 5.81. The van der Waals surface area contributed by atoms with Crippen LogP contribution >= 0.6 is 11.6 Å². The Morgan fingerprint density at radius 1 is 1.27 bits per heavy atom. The largest absolute Gasteiger partial charge is 0.342 e. The first kappa shape index (κ1) is 20.5. The fourth-order valence-corrected chi connectivity index (χ4v) is 4.14. The summed E-state index contributed by atoms with van der Waals surface area (Å²) < 4.78 is 14.7. The lowest BCUT2D eigenvalue weighted by atomic mass is 9.88. The quantitative estimate of drug-likeness (QED) is 0.655. The van der Waals surface area contributed by atoms with E-state index in [1.165, 1.54) is 12.4 Å². The van der Waals surface area contributed by atoms with Gasteiger partial charge < -0.3 is 4.90 Å². The normalized spacial score (nSPS) is 15.0. The van der Waals surface area contributed by atoms with Gasteiger partial charge in [-0.2, -0.15) is 5.10 Å². The summed E-state index contributed by atoms with van der Waals surface area (Å²) in [6.45, 7) is 5.22. The number of carbonyl (C=O) groups is 1. The van der Waals surface area contributed by atoms with Crippen LogP contribution in [-0.4, -0.2) is 44.1 Å². The van der Waals surface area contributed by atoms with E-state index in [2.05, 4.69) is 20.2 Å². The van der Waals surface area contributed by atoms with Crippen molar-refractivity contribution in [3.05, 3.63) is 53.3 Å². The molecule has 1 N–H and O–H groups in total. The van der Waals surface area contributed by atoms with Gasteiger partial charge in [0, 0.05) is 53.0 Å². The van der Waals surface area contributed by atoms with Gasteiger partial charge in [0.1, 0.15) is 17.8 Å². The second-order valence-corrected chi connectivity index (χ2v) is 8.27. The minimum Gasteiger partial charge on any atom is -0.342 e. The van der Waals surface area contributed by atoms with Crippen LogP contribution in [0.1, 0.15) is 38.3 Å². The van der Waals surface area contributed by atoms with E-state index < -0.39 is 5.82 Å². The zero-order chi connectivity index (χ0) is 21.3. The average molecular weight is 428 g/mol. The first-order chi connectivity index (χ1) is 14.5. The van der Waals surface area contributed by atoms with Gasteiger partial charge in [-0.3, -0.25) is 9.89 Å².